The van der Waals surface area contributed by atoms with Crippen molar-refractivity contribution in [2.75, 3.05) is 32.0 Å². The second kappa shape index (κ2) is 15.7. The number of amides is 3. The Morgan fingerprint density at radius 2 is 1.53 bits per heavy atom. The molecule has 9 nitrogen and oxygen atoms in total. The van der Waals surface area contributed by atoms with Crippen molar-refractivity contribution in [3.05, 3.63) is 113 Å². The van der Waals surface area contributed by atoms with E-state index in [1.807, 2.05) is 6.07 Å². The molecule has 0 fully saturated rings. The number of halogens is 1. The highest BCUT2D eigenvalue weighted by atomic mass is 35.5. The number of thioether (sulfide) groups is 1. The van der Waals surface area contributed by atoms with Crippen molar-refractivity contribution in [1.29, 1.82) is 0 Å². The topological polar surface area (TPSA) is 115 Å². The van der Waals surface area contributed by atoms with Crippen LogP contribution in [0.25, 0.3) is 6.08 Å². The van der Waals surface area contributed by atoms with Gasteiger partial charge in [-0.25, -0.2) is 0 Å². The van der Waals surface area contributed by atoms with Gasteiger partial charge in [-0.15, -0.1) is 11.8 Å². The molecule has 0 saturated heterocycles. The van der Waals surface area contributed by atoms with E-state index in [0.717, 1.165) is 4.90 Å². The van der Waals surface area contributed by atoms with E-state index < -0.39 is 17.1 Å². The average Bonchev–Trinajstić information content (AvgIpc) is 3.05. The van der Waals surface area contributed by atoms with Crippen molar-refractivity contribution in [2.45, 2.75) is 17.1 Å². The van der Waals surface area contributed by atoms with Gasteiger partial charge < -0.3 is 30.2 Å². The number of methoxy groups -OCH3 is 3. The van der Waals surface area contributed by atoms with Crippen molar-refractivity contribution in [3.63, 3.8) is 0 Å². The maximum atomic E-state index is 13.5. The average molecular weight is 646 g/mol. The van der Waals surface area contributed by atoms with Gasteiger partial charge in [0.15, 0.2) is 0 Å². The lowest BCUT2D eigenvalue weighted by Crippen LogP contribution is -2.30. The zero-order valence-electron chi connectivity index (χ0n) is 25.1. The third-order valence-electron chi connectivity index (χ3n) is 6.44. The Kier molecular flexibility index (Phi) is 11.5. The van der Waals surface area contributed by atoms with Crippen LogP contribution >= 0.6 is 23.4 Å². The lowest BCUT2D eigenvalue weighted by atomic mass is 10.1. The number of hydrogen-bond acceptors (Lipinski definition) is 7. The van der Waals surface area contributed by atoms with Crippen LogP contribution in [0.15, 0.2) is 102 Å². The molecule has 0 aliphatic heterocycles. The molecular weight excluding hydrogens is 614 g/mol. The monoisotopic (exact) mass is 645 g/mol. The quantitative estimate of drug-likeness (QED) is 0.113. The fourth-order valence-electron chi connectivity index (χ4n) is 4.14. The highest BCUT2D eigenvalue weighted by molar-refractivity contribution is 8.00. The molecule has 3 amide bonds. The minimum atomic E-state index is -0.529. The first kappa shape index (κ1) is 33.0. The number of hydrogen-bond donors (Lipinski definition) is 3. The maximum Gasteiger partial charge on any atom is 0.272 e. The molecule has 0 radical (unpaired) electrons. The lowest BCUT2D eigenvalue weighted by Gasteiger charge is -2.16. The number of nitrogens with one attached hydrogen (secondary N) is 3. The van der Waals surface area contributed by atoms with Gasteiger partial charge in [0, 0.05) is 22.2 Å². The Morgan fingerprint density at radius 3 is 2.24 bits per heavy atom. The molecule has 0 aromatic heterocycles. The molecule has 3 N–H and O–H groups in total. The van der Waals surface area contributed by atoms with Gasteiger partial charge in [0.25, 0.3) is 11.8 Å². The summed E-state index contributed by atoms with van der Waals surface area (Å²) in [5.74, 6) is 0.199. The molecule has 45 heavy (non-hydrogen) atoms. The second-order valence-corrected chi connectivity index (χ2v) is 11.4. The molecule has 0 spiro atoms. The van der Waals surface area contributed by atoms with E-state index in [0.29, 0.717) is 44.8 Å². The smallest absolute Gasteiger partial charge is 0.272 e. The van der Waals surface area contributed by atoms with Crippen molar-refractivity contribution < 1.29 is 28.6 Å². The summed E-state index contributed by atoms with van der Waals surface area (Å²) in [6.07, 6.45) is 1.57. The standard InChI is InChI=1S/C34H32ClN3O6S/c1-21(32(39)37-28-19-27(35)30(43-3)20-31(28)44-4)45-26-15-9-13-24(18-26)36-34(41)29(17-22-10-8-14-25(16-22)42-2)38-33(40)23-11-6-5-7-12-23/h5-21H,1-4H3,(H,36,41)(H,37,39)(H,38,40)/b29-17-. The van der Waals surface area contributed by atoms with Crippen LogP contribution in [-0.4, -0.2) is 44.3 Å². The fourth-order valence-corrected chi connectivity index (χ4v) is 5.30. The van der Waals surface area contributed by atoms with E-state index in [1.165, 1.54) is 26.0 Å². The number of carbonyl (C=O) groups excluding carboxylic acids is 3. The predicted molar refractivity (Wildman–Crippen MR) is 178 cm³/mol. The molecule has 0 saturated carbocycles. The van der Waals surface area contributed by atoms with Gasteiger partial charge >= 0.3 is 0 Å². The van der Waals surface area contributed by atoms with Crippen LogP contribution in [0.1, 0.15) is 22.8 Å². The number of anilines is 2. The molecule has 11 heteroatoms. The van der Waals surface area contributed by atoms with Crippen molar-refractivity contribution in [2.24, 2.45) is 0 Å². The Hall–Kier alpha value is -4.93. The van der Waals surface area contributed by atoms with Crippen LogP contribution in [0.5, 0.6) is 17.2 Å². The van der Waals surface area contributed by atoms with E-state index in [-0.39, 0.29) is 11.6 Å². The molecule has 4 aromatic carbocycles. The molecule has 0 heterocycles. The second-order valence-electron chi connectivity index (χ2n) is 9.57. The number of rotatable bonds is 12. The van der Waals surface area contributed by atoms with E-state index in [4.69, 9.17) is 25.8 Å². The van der Waals surface area contributed by atoms with Gasteiger partial charge in [-0.1, -0.05) is 48.0 Å². The third kappa shape index (κ3) is 9.04. The molecular formula is C34H32ClN3O6S. The summed E-state index contributed by atoms with van der Waals surface area (Å²) in [5.41, 5.74) is 1.99. The summed E-state index contributed by atoms with van der Waals surface area (Å²) < 4.78 is 15.9. The largest absolute Gasteiger partial charge is 0.497 e. The molecule has 1 atom stereocenters. The van der Waals surface area contributed by atoms with Crippen LogP contribution in [0.2, 0.25) is 5.02 Å². The molecule has 0 aliphatic rings. The molecule has 0 bridgehead atoms. The van der Waals surface area contributed by atoms with E-state index in [2.05, 4.69) is 16.0 Å². The van der Waals surface area contributed by atoms with Crippen molar-refractivity contribution in [1.82, 2.24) is 5.32 Å². The summed E-state index contributed by atoms with van der Waals surface area (Å²) in [5, 5.41) is 8.24. The first-order chi connectivity index (χ1) is 21.7. The van der Waals surface area contributed by atoms with E-state index >= 15 is 0 Å². The molecule has 4 aromatic rings. The van der Waals surface area contributed by atoms with Crippen LogP contribution in [0.3, 0.4) is 0 Å². The Labute approximate surface area is 270 Å². The zero-order chi connectivity index (χ0) is 32.3. The van der Waals surface area contributed by atoms with Gasteiger partial charge in [-0.3, -0.25) is 14.4 Å². The highest BCUT2D eigenvalue weighted by Crippen LogP contribution is 2.36. The maximum absolute atomic E-state index is 13.5. The first-order valence-electron chi connectivity index (χ1n) is 13.7. The SMILES string of the molecule is COc1cccc(/C=C(\NC(=O)c2ccccc2)C(=O)Nc2cccc(SC(C)C(=O)Nc3cc(Cl)c(OC)cc3OC)c2)c1. The number of ether oxygens (including phenoxy) is 3. The molecule has 4 rings (SSSR count). The van der Waals surface area contributed by atoms with E-state index in [1.54, 1.807) is 105 Å². The normalized spacial score (nSPS) is 11.6. The molecule has 1 unspecified atom stereocenters. The molecule has 0 aliphatic carbocycles. The van der Waals surface area contributed by atoms with Crippen molar-refractivity contribution >= 4 is 58.5 Å². The van der Waals surface area contributed by atoms with Crippen LogP contribution in [0.4, 0.5) is 11.4 Å². The van der Waals surface area contributed by atoms with Crippen LogP contribution in [0, 0.1) is 0 Å². The molecule has 232 valence electrons. The fraction of sp³-hybridized carbons (Fsp3) is 0.147. The summed E-state index contributed by atoms with van der Waals surface area (Å²) in [6.45, 7) is 1.76. The first-order valence-corrected chi connectivity index (χ1v) is 15.0. The predicted octanol–water partition coefficient (Wildman–Crippen LogP) is 6.89. The van der Waals surface area contributed by atoms with Crippen LogP contribution < -0.4 is 30.2 Å². The Bertz CT molecular complexity index is 1710. The van der Waals surface area contributed by atoms with Gasteiger partial charge in [0.1, 0.15) is 22.9 Å². The minimum Gasteiger partial charge on any atom is -0.497 e. The van der Waals surface area contributed by atoms with Gasteiger partial charge in [-0.2, -0.15) is 0 Å². The van der Waals surface area contributed by atoms with Crippen LogP contribution in [-0.2, 0) is 9.59 Å². The number of benzene rings is 4. The van der Waals surface area contributed by atoms with Gasteiger partial charge in [-0.05, 0) is 67.1 Å². The van der Waals surface area contributed by atoms with Gasteiger partial charge in [0.05, 0.1) is 37.3 Å². The van der Waals surface area contributed by atoms with Crippen molar-refractivity contribution in [3.8, 4) is 17.2 Å². The minimum absolute atomic E-state index is 0.0370. The Morgan fingerprint density at radius 1 is 0.800 bits per heavy atom. The summed E-state index contributed by atoms with van der Waals surface area (Å²) in [6, 6.07) is 26.0. The third-order valence-corrected chi connectivity index (χ3v) is 7.83. The summed E-state index contributed by atoms with van der Waals surface area (Å²) >= 11 is 7.55. The van der Waals surface area contributed by atoms with E-state index in [9.17, 15) is 14.4 Å². The Balaban J connectivity index is 1.49. The zero-order valence-corrected chi connectivity index (χ0v) is 26.6. The summed E-state index contributed by atoms with van der Waals surface area (Å²) in [4.78, 5) is 40.2. The number of carbonyl (C=O) groups is 3. The lowest BCUT2D eigenvalue weighted by molar-refractivity contribution is -0.115. The summed E-state index contributed by atoms with van der Waals surface area (Å²) in [7, 11) is 4.53. The highest BCUT2D eigenvalue weighted by Gasteiger charge is 2.19. The van der Waals surface area contributed by atoms with Gasteiger partial charge in [0.2, 0.25) is 5.91 Å².